The van der Waals surface area contributed by atoms with Gasteiger partial charge in [-0.1, -0.05) is 0 Å². The van der Waals surface area contributed by atoms with Gasteiger partial charge in [0.1, 0.15) is 0 Å². The highest BCUT2D eigenvalue weighted by molar-refractivity contribution is 5.75. The van der Waals surface area contributed by atoms with E-state index in [0.717, 1.165) is 0 Å². The van der Waals surface area contributed by atoms with E-state index in [9.17, 15) is 9.90 Å². The lowest BCUT2D eigenvalue weighted by Crippen LogP contribution is -2.35. The molecule has 0 aromatic carbocycles. The molecule has 0 aromatic rings. The van der Waals surface area contributed by atoms with Crippen LogP contribution in [0.25, 0.3) is 0 Å². The van der Waals surface area contributed by atoms with Crippen molar-refractivity contribution >= 4 is 5.91 Å². The second-order valence-electron chi connectivity index (χ2n) is 3.57. The fourth-order valence-electron chi connectivity index (χ4n) is 1.27. The number of nitrogens with zero attached hydrogens (tertiary/aromatic N) is 1. The first-order chi connectivity index (χ1) is 7.10. The maximum Gasteiger partial charge on any atom is 0.221 e. The summed E-state index contributed by atoms with van der Waals surface area (Å²) in [5.41, 5.74) is 0. The fraction of sp³-hybridized carbons (Fsp3) is 0.900. The molecule has 0 fully saturated rings. The number of amides is 1. The lowest BCUT2D eigenvalue weighted by molar-refractivity contribution is -0.121. The molecule has 0 aromatic heterocycles. The Bertz CT molecular complexity index is 176. The van der Waals surface area contributed by atoms with Gasteiger partial charge in [0.15, 0.2) is 0 Å². The fourth-order valence-corrected chi connectivity index (χ4v) is 1.27. The van der Waals surface area contributed by atoms with E-state index in [1.807, 2.05) is 18.9 Å². The zero-order chi connectivity index (χ0) is 11.7. The summed E-state index contributed by atoms with van der Waals surface area (Å²) >= 11 is 0. The zero-order valence-electron chi connectivity index (χ0n) is 9.82. The van der Waals surface area contributed by atoms with Crippen LogP contribution in [0.3, 0.4) is 0 Å². The van der Waals surface area contributed by atoms with Crippen molar-refractivity contribution in [3.05, 3.63) is 0 Å². The van der Waals surface area contributed by atoms with Gasteiger partial charge in [-0.3, -0.25) is 4.79 Å². The Morgan fingerprint density at radius 1 is 1.60 bits per heavy atom. The van der Waals surface area contributed by atoms with Gasteiger partial charge in [-0.05, 0) is 14.0 Å². The molecule has 0 saturated carbocycles. The van der Waals surface area contributed by atoms with Crippen molar-refractivity contribution in [2.45, 2.75) is 19.4 Å². The molecule has 0 saturated heterocycles. The van der Waals surface area contributed by atoms with E-state index in [1.165, 1.54) is 0 Å². The molecule has 0 spiro atoms. The number of rotatable bonds is 8. The highest BCUT2D eigenvalue weighted by atomic mass is 16.5. The van der Waals surface area contributed by atoms with E-state index in [4.69, 9.17) is 4.74 Å². The zero-order valence-corrected chi connectivity index (χ0v) is 9.82. The molecule has 1 atom stereocenters. The smallest absolute Gasteiger partial charge is 0.221 e. The molecule has 0 bridgehead atoms. The number of aliphatic hydroxyl groups is 1. The van der Waals surface area contributed by atoms with Crippen molar-refractivity contribution in [1.29, 1.82) is 0 Å². The first-order valence-corrected chi connectivity index (χ1v) is 5.22. The number of aliphatic hydroxyl groups excluding tert-OH is 1. The number of ether oxygens (including phenoxy) is 1. The van der Waals surface area contributed by atoms with Crippen LogP contribution in [-0.2, 0) is 9.53 Å². The molecule has 0 rings (SSSR count). The Hall–Kier alpha value is -0.650. The average Bonchev–Trinajstić information content (AvgIpc) is 2.15. The molecule has 15 heavy (non-hydrogen) atoms. The van der Waals surface area contributed by atoms with Gasteiger partial charge in [0.2, 0.25) is 5.91 Å². The first kappa shape index (κ1) is 14.3. The molecule has 0 aliphatic carbocycles. The highest BCUT2D eigenvalue weighted by Crippen LogP contribution is 1.92. The molecule has 5 nitrogen and oxygen atoms in total. The average molecular weight is 218 g/mol. The largest absolute Gasteiger partial charge is 0.389 e. The molecule has 0 heterocycles. The first-order valence-electron chi connectivity index (χ1n) is 5.22. The number of hydrogen-bond donors (Lipinski definition) is 2. The molecule has 90 valence electrons. The predicted molar refractivity (Wildman–Crippen MR) is 58.7 cm³/mol. The van der Waals surface area contributed by atoms with E-state index in [0.29, 0.717) is 32.7 Å². The number of carbonyl (C=O) groups is 1. The van der Waals surface area contributed by atoms with Crippen LogP contribution in [0.15, 0.2) is 0 Å². The van der Waals surface area contributed by atoms with Gasteiger partial charge in [0.25, 0.3) is 0 Å². The van der Waals surface area contributed by atoms with Gasteiger partial charge in [0, 0.05) is 33.2 Å². The molecule has 1 unspecified atom stereocenters. The number of methoxy groups -OCH3 is 1. The van der Waals surface area contributed by atoms with Crippen LogP contribution in [0.2, 0.25) is 0 Å². The van der Waals surface area contributed by atoms with Gasteiger partial charge in [-0.15, -0.1) is 0 Å². The second kappa shape index (κ2) is 8.64. The molecule has 0 radical (unpaired) electrons. The summed E-state index contributed by atoms with van der Waals surface area (Å²) in [7, 11) is 3.43. The summed E-state index contributed by atoms with van der Waals surface area (Å²) in [6.07, 6.45) is -0.0291. The maximum absolute atomic E-state index is 11.1. The molecule has 2 N–H and O–H groups in total. The van der Waals surface area contributed by atoms with Crippen molar-refractivity contribution in [2.75, 3.05) is 40.4 Å². The molecule has 1 amide bonds. The molecule has 0 aliphatic heterocycles. The Balaban J connectivity index is 3.55. The summed E-state index contributed by atoms with van der Waals surface area (Å²) in [6, 6.07) is 0. The number of hydrogen-bond acceptors (Lipinski definition) is 4. The van der Waals surface area contributed by atoms with Crippen LogP contribution in [0.1, 0.15) is 13.3 Å². The number of likely N-dealkylation sites (N-methyl/N-ethyl adjacent to an activating group) is 1. The van der Waals surface area contributed by atoms with E-state index in [1.54, 1.807) is 7.11 Å². The monoisotopic (exact) mass is 218 g/mol. The maximum atomic E-state index is 11.1. The minimum Gasteiger partial charge on any atom is -0.389 e. The minimum absolute atomic E-state index is 0.0468. The molecule has 5 heteroatoms. The van der Waals surface area contributed by atoms with Crippen molar-refractivity contribution in [3.63, 3.8) is 0 Å². The van der Waals surface area contributed by atoms with Crippen molar-refractivity contribution < 1.29 is 14.6 Å². The van der Waals surface area contributed by atoms with E-state index >= 15 is 0 Å². The van der Waals surface area contributed by atoms with Gasteiger partial charge < -0.3 is 20.1 Å². The summed E-state index contributed by atoms with van der Waals surface area (Å²) in [5, 5.41) is 12.1. The van der Waals surface area contributed by atoms with Gasteiger partial charge in [-0.25, -0.2) is 0 Å². The summed E-state index contributed by atoms with van der Waals surface area (Å²) < 4.78 is 4.81. The third kappa shape index (κ3) is 8.35. The third-order valence-electron chi connectivity index (χ3n) is 1.98. The Morgan fingerprint density at radius 2 is 2.27 bits per heavy atom. The van der Waals surface area contributed by atoms with Crippen LogP contribution in [0.4, 0.5) is 0 Å². The number of carbonyl (C=O) groups excluding carboxylic acids is 1. The van der Waals surface area contributed by atoms with Crippen LogP contribution >= 0.6 is 0 Å². The van der Waals surface area contributed by atoms with Crippen LogP contribution in [0.5, 0.6) is 0 Å². The molecule has 0 aliphatic rings. The Labute approximate surface area is 91.4 Å². The lowest BCUT2D eigenvalue weighted by Gasteiger charge is -2.19. The quantitative estimate of drug-likeness (QED) is 0.574. The predicted octanol–water partition coefficient (Wildman–Crippen LogP) is -0.548. The topological polar surface area (TPSA) is 61.8 Å². The van der Waals surface area contributed by atoms with Crippen LogP contribution < -0.4 is 5.32 Å². The summed E-state index contributed by atoms with van der Waals surface area (Å²) in [6.45, 7) is 4.05. The van der Waals surface area contributed by atoms with Gasteiger partial charge in [0.05, 0.1) is 12.7 Å². The third-order valence-corrected chi connectivity index (χ3v) is 1.98. The normalized spacial score (nSPS) is 12.9. The summed E-state index contributed by atoms with van der Waals surface area (Å²) in [5.74, 6) is 0.0468. The lowest BCUT2D eigenvalue weighted by atomic mass is 10.3. The molecular formula is C10H22N2O3. The highest BCUT2D eigenvalue weighted by Gasteiger charge is 2.08. The van der Waals surface area contributed by atoms with E-state index in [2.05, 4.69) is 5.32 Å². The van der Waals surface area contributed by atoms with Crippen molar-refractivity contribution in [2.24, 2.45) is 0 Å². The van der Waals surface area contributed by atoms with Gasteiger partial charge in [-0.2, -0.15) is 0 Å². The Morgan fingerprint density at radius 3 is 2.80 bits per heavy atom. The minimum atomic E-state index is -0.491. The van der Waals surface area contributed by atoms with Gasteiger partial charge >= 0.3 is 0 Å². The van der Waals surface area contributed by atoms with Crippen molar-refractivity contribution in [1.82, 2.24) is 10.2 Å². The summed E-state index contributed by atoms with van der Waals surface area (Å²) in [4.78, 5) is 13.0. The van der Waals surface area contributed by atoms with Crippen LogP contribution in [0, 0.1) is 0 Å². The second-order valence-corrected chi connectivity index (χ2v) is 3.57. The van der Waals surface area contributed by atoms with Crippen molar-refractivity contribution in [3.8, 4) is 0 Å². The molecular weight excluding hydrogens is 196 g/mol. The number of nitrogens with one attached hydrogen (secondary N) is 1. The van der Waals surface area contributed by atoms with Crippen LogP contribution in [-0.4, -0.2) is 62.4 Å². The Kier molecular flexibility index (Phi) is 8.27. The van der Waals surface area contributed by atoms with E-state index in [-0.39, 0.29) is 5.91 Å². The van der Waals surface area contributed by atoms with E-state index < -0.39 is 6.10 Å². The standard InChI is InChI=1S/C10H22N2O3/c1-4-11-10(14)5-6-12(2)7-9(13)8-15-3/h9,13H,4-8H2,1-3H3,(H,11,14). The SMILES string of the molecule is CCNC(=O)CCN(C)CC(O)COC.